The molecule has 0 amide bonds. The van der Waals surface area contributed by atoms with Crippen LogP contribution in [0.2, 0.25) is 0 Å². The number of ether oxygens (including phenoxy) is 1. The average Bonchev–Trinajstić information content (AvgIpc) is 3.14. The Bertz CT molecular complexity index is 454. The van der Waals surface area contributed by atoms with Crippen molar-refractivity contribution in [2.24, 2.45) is 5.73 Å². The van der Waals surface area contributed by atoms with Crippen LogP contribution >= 0.6 is 0 Å². The van der Waals surface area contributed by atoms with E-state index >= 15 is 0 Å². The van der Waals surface area contributed by atoms with Crippen molar-refractivity contribution in [2.45, 2.75) is 51.1 Å². The molecule has 2 aliphatic rings. The minimum Gasteiger partial charge on any atom is -0.493 e. The summed E-state index contributed by atoms with van der Waals surface area (Å²) in [5.41, 5.74) is 8.84. The molecule has 1 atom stereocenters. The lowest BCUT2D eigenvalue weighted by Crippen LogP contribution is -2.40. The third kappa shape index (κ3) is 2.57. The van der Waals surface area contributed by atoms with Crippen LogP contribution in [0.3, 0.4) is 0 Å². The van der Waals surface area contributed by atoms with Crippen LogP contribution in [-0.4, -0.2) is 30.6 Å². The second-order valence-corrected chi connectivity index (χ2v) is 5.99. The molecule has 20 heavy (non-hydrogen) atoms. The standard InChI is InChI=1S/C17H26N2O/c1-2-19(15-5-3-4-6-15)16(12-18)13-7-8-17-14(11-13)9-10-20-17/h7-8,11,15-16H,2-6,9-10,12,18H2,1H3. The van der Waals surface area contributed by atoms with Crippen LogP contribution in [0.15, 0.2) is 18.2 Å². The SMILES string of the molecule is CCN(C1CCCC1)C(CN)c1ccc2c(c1)CCO2. The maximum atomic E-state index is 6.12. The number of benzene rings is 1. The summed E-state index contributed by atoms with van der Waals surface area (Å²) in [6.45, 7) is 4.87. The van der Waals surface area contributed by atoms with Crippen molar-refractivity contribution in [3.63, 3.8) is 0 Å². The molecule has 1 aliphatic carbocycles. The van der Waals surface area contributed by atoms with E-state index in [-0.39, 0.29) is 0 Å². The van der Waals surface area contributed by atoms with Gasteiger partial charge in [-0.2, -0.15) is 0 Å². The van der Waals surface area contributed by atoms with Crippen molar-refractivity contribution in [1.29, 1.82) is 0 Å². The predicted molar refractivity (Wildman–Crippen MR) is 82.1 cm³/mol. The molecule has 110 valence electrons. The molecule has 3 heteroatoms. The first-order chi connectivity index (χ1) is 9.83. The Labute approximate surface area is 122 Å². The molecule has 1 aromatic rings. The quantitative estimate of drug-likeness (QED) is 0.897. The van der Waals surface area contributed by atoms with Crippen molar-refractivity contribution in [3.8, 4) is 5.75 Å². The normalized spacial score (nSPS) is 20.1. The van der Waals surface area contributed by atoms with Crippen LogP contribution in [0.25, 0.3) is 0 Å². The molecular weight excluding hydrogens is 248 g/mol. The zero-order valence-corrected chi connectivity index (χ0v) is 12.5. The van der Waals surface area contributed by atoms with E-state index in [0.29, 0.717) is 12.6 Å². The third-order valence-electron chi connectivity index (χ3n) is 4.88. The largest absolute Gasteiger partial charge is 0.493 e. The molecule has 3 nitrogen and oxygen atoms in total. The number of hydrogen-bond donors (Lipinski definition) is 1. The molecule has 0 radical (unpaired) electrons. The number of rotatable bonds is 5. The molecule has 2 N–H and O–H groups in total. The first kappa shape index (κ1) is 13.9. The fraction of sp³-hybridized carbons (Fsp3) is 0.647. The fourth-order valence-electron chi connectivity index (χ4n) is 3.85. The van der Waals surface area contributed by atoms with Gasteiger partial charge in [0.1, 0.15) is 5.75 Å². The molecule has 1 heterocycles. The molecule has 1 unspecified atom stereocenters. The van der Waals surface area contributed by atoms with E-state index in [1.165, 1.54) is 36.8 Å². The van der Waals surface area contributed by atoms with E-state index in [1.807, 2.05) is 0 Å². The molecule has 1 fully saturated rings. The average molecular weight is 274 g/mol. The van der Waals surface area contributed by atoms with Crippen molar-refractivity contribution < 1.29 is 4.74 Å². The van der Waals surface area contributed by atoms with Crippen molar-refractivity contribution in [3.05, 3.63) is 29.3 Å². The Morgan fingerprint density at radius 3 is 2.85 bits per heavy atom. The Morgan fingerprint density at radius 1 is 1.35 bits per heavy atom. The maximum Gasteiger partial charge on any atom is 0.122 e. The summed E-state index contributed by atoms with van der Waals surface area (Å²) in [7, 11) is 0. The number of fused-ring (bicyclic) bond motifs is 1. The van der Waals surface area contributed by atoms with Gasteiger partial charge >= 0.3 is 0 Å². The summed E-state index contributed by atoms with van der Waals surface area (Å²) in [4.78, 5) is 2.62. The molecule has 0 bridgehead atoms. The second-order valence-electron chi connectivity index (χ2n) is 5.99. The first-order valence-electron chi connectivity index (χ1n) is 8.05. The summed E-state index contributed by atoms with van der Waals surface area (Å²) in [6, 6.07) is 7.73. The lowest BCUT2D eigenvalue weighted by Gasteiger charge is -2.35. The van der Waals surface area contributed by atoms with E-state index in [0.717, 1.165) is 31.4 Å². The Hall–Kier alpha value is -1.06. The van der Waals surface area contributed by atoms with Gasteiger partial charge in [0.25, 0.3) is 0 Å². The lowest BCUT2D eigenvalue weighted by molar-refractivity contribution is 0.147. The topological polar surface area (TPSA) is 38.5 Å². The van der Waals surface area contributed by atoms with Crippen LogP contribution in [0.5, 0.6) is 5.75 Å². The zero-order chi connectivity index (χ0) is 13.9. The van der Waals surface area contributed by atoms with Gasteiger partial charge in [-0.1, -0.05) is 31.9 Å². The van der Waals surface area contributed by atoms with Gasteiger partial charge in [-0.15, -0.1) is 0 Å². The Kier molecular flexibility index (Phi) is 4.27. The van der Waals surface area contributed by atoms with Gasteiger partial charge in [-0.05, 0) is 36.6 Å². The molecular formula is C17H26N2O. The highest BCUT2D eigenvalue weighted by molar-refractivity contribution is 5.41. The van der Waals surface area contributed by atoms with Crippen LogP contribution in [-0.2, 0) is 6.42 Å². The molecule has 0 spiro atoms. The van der Waals surface area contributed by atoms with E-state index < -0.39 is 0 Å². The molecule has 1 saturated carbocycles. The number of hydrogen-bond acceptors (Lipinski definition) is 3. The maximum absolute atomic E-state index is 6.12. The van der Waals surface area contributed by atoms with Gasteiger partial charge in [0.15, 0.2) is 0 Å². The first-order valence-corrected chi connectivity index (χ1v) is 8.05. The van der Waals surface area contributed by atoms with Crippen molar-refractivity contribution >= 4 is 0 Å². The van der Waals surface area contributed by atoms with Crippen LogP contribution in [0.4, 0.5) is 0 Å². The Morgan fingerprint density at radius 2 is 2.15 bits per heavy atom. The highest BCUT2D eigenvalue weighted by Gasteiger charge is 2.28. The van der Waals surface area contributed by atoms with Gasteiger partial charge in [-0.3, -0.25) is 4.90 Å². The van der Waals surface area contributed by atoms with Gasteiger partial charge in [0.05, 0.1) is 6.61 Å². The fourth-order valence-corrected chi connectivity index (χ4v) is 3.85. The van der Waals surface area contributed by atoms with Gasteiger partial charge in [0.2, 0.25) is 0 Å². The van der Waals surface area contributed by atoms with Gasteiger partial charge < -0.3 is 10.5 Å². The summed E-state index contributed by atoms with van der Waals surface area (Å²) in [5, 5.41) is 0. The summed E-state index contributed by atoms with van der Waals surface area (Å²) >= 11 is 0. The van der Waals surface area contributed by atoms with Crippen molar-refractivity contribution in [2.75, 3.05) is 19.7 Å². The van der Waals surface area contributed by atoms with E-state index in [1.54, 1.807) is 0 Å². The highest BCUT2D eigenvalue weighted by Crippen LogP contribution is 2.33. The third-order valence-corrected chi connectivity index (χ3v) is 4.88. The van der Waals surface area contributed by atoms with E-state index in [4.69, 9.17) is 10.5 Å². The monoisotopic (exact) mass is 274 g/mol. The Balaban J connectivity index is 1.84. The minimum absolute atomic E-state index is 0.356. The van der Waals surface area contributed by atoms with Crippen LogP contribution < -0.4 is 10.5 Å². The number of nitrogens with two attached hydrogens (primary N) is 1. The number of likely N-dealkylation sites (N-methyl/N-ethyl adjacent to an activating group) is 1. The zero-order valence-electron chi connectivity index (χ0n) is 12.5. The minimum atomic E-state index is 0.356. The van der Waals surface area contributed by atoms with E-state index in [2.05, 4.69) is 30.0 Å². The van der Waals surface area contributed by atoms with E-state index in [9.17, 15) is 0 Å². The second kappa shape index (κ2) is 6.15. The van der Waals surface area contributed by atoms with Gasteiger partial charge in [0, 0.05) is 25.0 Å². The summed E-state index contributed by atoms with van der Waals surface area (Å²) < 4.78 is 5.61. The molecule has 0 aromatic heterocycles. The van der Waals surface area contributed by atoms with Crippen LogP contribution in [0.1, 0.15) is 49.8 Å². The van der Waals surface area contributed by atoms with Crippen LogP contribution in [0, 0.1) is 0 Å². The van der Waals surface area contributed by atoms with Gasteiger partial charge in [-0.25, -0.2) is 0 Å². The molecule has 3 rings (SSSR count). The molecule has 1 aliphatic heterocycles. The highest BCUT2D eigenvalue weighted by atomic mass is 16.5. The van der Waals surface area contributed by atoms with Crippen molar-refractivity contribution in [1.82, 2.24) is 4.90 Å². The smallest absolute Gasteiger partial charge is 0.122 e. The summed E-state index contributed by atoms with van der Waals surface area (Å²) in [6.07, 6.45) is 6.44. The lowest BCUT2D eigenvalue weighted by atomic mass is 9.99. The number of nitrogens with zero attached hydrogens (tertiary/aromatic N) is 1. The summed E-state index contributed by atoms with van der Waals surface area (Å²) in [5.74, 6) is 1.06. The molecule has 1 aromatic carbocycles. The molecule has 0 saturated heterocycles. The predicted octanol–water partition coefficient (Wildman–Crippen LogP) is 2.89.